The van der Waals surface area contributed by atoms with E-state index in [-0.39, 0.29) is 17.0 Å². The van der Waals surface area contributed by atoms with E-state index in [9.17, 15) is 4.39 Å². The Bertz CT molecular complexity index is 498. The molecule has 1 aromatic heterocycles. The highest BCUT2D eigenvalue weighted by Crippen LogP contribution is 2.25. The quantitative estimate of drug-likeness (QED) is 0.824. The van der Waals surface area contributed by atoms with Gasteiger partial charge < -0.3 is 5.11 Å². The van der Waals surface area contributed by atoms with Crippen LogP contribution >= 0.6 is 23.2 Å². The van der Waals surface area contributed by atoms with Crippen molar-refractivity contribution in [1.29, 1.82) is 0 Å². The summed E-state index contributed by atoms with van der Waals surface area (Å²) in [6.07, 6.45) is 0. The molecule has 0 saturated heterocycles. The number of fused-ring (bicyclic) bond motifs is 1. The number of hydrogen-bond acceptors (Lipinski definition) is 2. The molecule has 3 nitrogen and oxygen atoms in total. The largest absolute Gasteiger partial charge is 0.376 e. The van der Waals surface area contributed by atoms with E-state index >= 15 is 0 Å². The fourth-order valence-electron chi connectivity index (χ4n) is 1.23. The maximum absolute atomic E-state index is 13.1. The molecule has 14 heavy (non-hydrogen) atoms. The van der Waals surface area contributed by atoms with E-state index in [1.807, 2.05) is 0 Å². The normalized spacial score (nSPS) is 11.1. The molecule has 0 radical (unpaired) electrons. The van der Waals surface area contributed by atoms with Crippen molar-refractivity contribution in [2.75, 3.05) is 0 Å². The number of benzene rings is 1. The number of rotatable bonds is 1. The van der Waals surface area contributed by atoms with Crippen LogP contribution in [0.2, 0.25) is 10.3 Å². The first-order valence-corrected chi connectivity index (χ1v) is 4.50. The monoisotopic (exact) mass is 234 g/mol. The molecule has 74 valence electrons. The number of aromatic nitrogens is 2. The average Bonchev–Trinajstić information content (AvgIpc) is 2.42. The molecule has 1 heterocycles. The van der Waals surface area contributed by atoms with E-state index < -0.39 is 5.82 Å². The van der Waals surface area contributed by atoms with Gasteiger partial charge in [-0.1, -0.05) is 11.6 Å². The van der Waals surface area contributed by atoms with Gasteiger partial charge in [-0.3, -0.25) is 4.57 Å². The van der Waals surface area contributed by atoms with Crippen LogP contribution in [0.25, 0.3) is 11.0 Å². The number of aliphatic hydroxyl groups is 1. The van der Waals surface area contributed by atoms with Crippen molar-refractivity contribution < 1.29 is 9.50 Å². The minimum absolute atomic E-state index is 0.0169. The van der Waals surface area contributed by atoms with Crippen LogP contribution in [0.5, 0.6) is 0 Å². The van der Waals surface area contributed by atoms with E-state index in [2.05, 4.69) is 4.98 Å². The van der Waals surface area contributed by atoms with Crippen molar-refractivity contribution >= 4 is 34.2 Å². The van der Waals surface area contributed by atoms with Gasteiger partial charge in [-0.2, -0.15) is 0 Å². The van der Waals surface area contributed by atoms with Crippen molar-refractivity contribution in [3.05, 3.63) is 28.3 Å². The third kappa shape index (κ3) is 1.35. The van der Waals surface area contributed by atoms with Gasteiger partial charge in [0.2, 0.25) is 5.28 Å². The van der Waals surface area contributed by atoms with Crippen LogP contribution in [0.4, 0.5) is 4.39 Å². The lowest BCUT2D eigenvalue weighted by Crippen LogP contribution is -1.96. The van der Waals surface area contributed by atoms with Crippen LogP contribution in [0, 0.1) is 5.82 Å². The van der Waals surface area contributed by atoms with Crippen molar-refractivity contribution in [2.24, 2.45) is 0 Å². The molecule has 0 saturated carbocycles. The number of halogens is 3. The summed E-state index contributed by atoms with van der Waals surface area (Å²) >= 11 is 11.3. The zero-order valence-corrected chi connectivity index (χ0v) is 8.35. The Labute approximate surface area is 88.7 Å². The van der Waals surface area contributed by atoms with Crippen LogP contribution in [-0.2, 0) is 6.73 Å². The smallest absolute Gasteiger partial charge is 0.205 e. The topological polar surface area (TPSA) is 38.0 Å². The molecule has 1 aromatic carbocycles. The van der Waals surface area contributed by atoms with Crippen LogP contribution < -0.4 is 0 Å². The lowest BCUT2D eigenvalue weighted by molar-refractivity contribution is 0.215. The highest BCUT2D eigenvalue weighted by Gasteiger charge is 2.11. The molecule has 0 amide bonds. The van der Waals surface area contributed by atoms with Gasteiger partial charge >= 0.3 is 0 Å². The Balaban J connectivity index is 2.82. The Kier molecular flexibility index (Phi) is 2.34. The van der Waals surface area contributed by atoms with E-state index in [1.165, 1.54) is 16.7 Å². The molecular formula is C8H5Cl2FN2O. The molecule has 0 aliphatic carbocycles. The highest BCUT2D eigenvalue weighted by molar-refractivity contribution is 6.32. The van der Waals surface area contributed by atoms with Gasteiger partial charge in [0.15, 0.2) is 0 Å². The molecule has 2 aromatic rings. The van der Waals surface area contributed by atoms with Gasteiger partial charge in [-0.25, -0.2) is 9.37 Å². The summed E-state index contributed by atoms with van der Waals surface area (Å²) in [6.45, 7) is -0.351. The van der Waals surface area contributed by atoms with Crippen LogP contribution in [-0.4, -0.2) is 14.7 Å². The SMILES string of the molecule is OCn1c(Cl)nc2cc(Cl)c(F)cc21. The van der Waals surface area contributed by atoms with E-state index in [4.69, 9.17) is 28.3 Å². The molecule has 0 aliphatic heterocycles. The molecule has 0 spiro atoms. The van der Waals surface area contributed by atoms with Gasteiger partial charge in [-0.05, 0) is 17.7 Å². The minimum atomic E-state index is -0.564. The third-order valence-corrected chi connectivity index (χ3v) is 2.46. The van der Waals surface area contributed by atoms with Gasteiger partial charge in [-0.15, -0.1) is 0 Å². The number of hydrogen-bond donors (Lipinski definition) is 1. The molecule has 6 heteroatoms. The number of nitrogens with zero attached hydrogens (tertiary/aromatic N) is 2. The Hall–Kier alpha value is -0.840. The molecule has 0 atom stereocenters. The van der Waals surface area contributed by atoms with Gasteiger partial charge in [0.05, 0.1) is 16.1 Å². The van der Waals surface area contributed by atoms with Gasteiger partial charge in [0, 0.05) is 6.07 Å². The molecule has 1 N–H and O–H groups in total. The summed E-state index contributed by atoms with van der Waals surface area (Å²) in [7, 11) is 0. The first-order valence-electron chi connectivity index (χ1n) is 3.75. The maximum atomic E-state index is 13.1. The maximum Gasteiger partial charge on any atom is 0.205 e. The second-order valence-electron chi connectivity index (χ2n) is 2.71. The highest BCUT2D eigenvalue weighted by atomic mass is 35.5. The Morgan fingerprint density at radius 3 is 2.79 bits per heavy atom. The van der Waals surface area contributed by atoms with E-state index in [0.717, 1.165) is 0 Å². The molecule has 0 aliphatic rings. The fourth-order valence-corrected chi connectivity index (χ4v) is 1.62. The minimum Gasteiger partial charge on any atom is -0.376 e. The second-order valence-corrected chi connectivity index (χ2v) is 3.45. The van der Waals surface area contributed by atoms with E-state index in [0.29, 0.717) is 11.0 Å². The van der Waals surface area contributed by atoms with Crippen molar-refractivity contribution in [2.45, 2.75) is 6.73 Å². The van der Waals surface area contributed by atoms with Crippen LogP contribution in [0.3, 0.4) is 0 Å². The summed E-state index contributed by atoms with van der Waals surface area (Å²) in [6, 6.07) is 2.55. The molecular weight excluding hydrogens is 230 g/mol. The lowest BCUT2D eigenvalue weighted by Gasteiger charge is -1.99. The number of aliphatic hydroxyl groups excluding tert-OH is 1. The predicted octanol–water partition coefficient (Wildman–Crippen LogP) is 2.43. The fraction of sp³-hybridized carbons (Fsp3) is 0.125. The molecule has 0 fully saturated rings. The first kappa shape index (κ1) is 9.71. The van der Waals surface area contributed by atoms with Crippen molar-refractivity contribution in [3.63, 3.8) is 0 Å². The van der Waals surface area contributed by atoms with Crippen LogP contribution in [0.15, 0.2) is 12.1 Å². The molecule has 0 unspecified atom stereocenters. The lowest BCUT2D eigenvalue weighted by atomic mass is 10.3. The zero-order chi connectivity index (χ0) is 10.3. The zero-order valence-electron chi connectivity index (χ0n) is 6.84. The van der Waals surface area contributed by atoms with Gasteiger partial charge in [0.25, 0.3) is 0 Å². The third-order valence-electron chi connectivity index (χ3n) is 1.89. The Morgan fingerprint density at radius 2 is 2.14 bits per heavy atom. The summed E-state index contributed by atoms with van der Waals surface area (Å²) in [5.41, 5.74) is 0.870. The molecule has 0 bridgehead atoms. The summed E-state index contributed by atoms with van der Waals surface area (Å²) in [5.74, 6) is -0.564. The average molecular weight is 235 g/mol. The first-order chi connectivity index (χ1) is 6.63. The summed E-state index contributed by atoms with van der Waals surface area (Å²) in [4.78, 5) is 3.90. The predicted molar refractivity (Wildman–Crippen MR) is 51.9 cm³/mol. The summed E-state index contributed by atoms with van der Waals surface area (Å²) < 4.78 is 14.4. The van der Waals surface area contributed by atoms with Crippen LogP contribution in [0.1, 0.15) is 0 Å². The van der Waals surface area contributed by atoms with Crippen molar-refractivity contribution in [1.82, 2.24) is 9.55 Å². The van der Waals surface area contributed by atoms with E-state index in [1.54, 1.807) is 0 Å². The molecule has 2 rings (SSSR count). The van der Waals surface area contributed by atoms with Crippen molar-refractivity contribution in [3.8, 4) is 0 Å². The Morgan fingerprint density at radius 1 is 1.43 bits per heavy atom. The second kappa shape index (κ2) is 3.38. The number of imidazole rings is 1. The summed E-state index contributed by atoms with van der Waals surface area (Å²) in [5, 5.41) is 9.03. The van der Waals surface area contributed by atoms with Gasteiger partial charge in [0.1, 0.15) is 12.5 Å². The standard InChI is InChI=1S/C8H5Cl2FN2O/c9-4-1-6-7(2-5(4)11)13(3-14)8(10)12-6/h1-2,14H,3H2.